The van der Waals surface area contributed by atoms with Gasteiger partial charge in [-0.05, 0) is 25.1 Å². The first-order valence-corrected chi connectivity index (χ1v) is 8.26. The number of anilines is 3. The Morgan fingerprint density at radius 3 is 2.89 bits per heavy atom. The summed E-state index contributed by atoms with van der Waals surface area (Å²) in [5, 5.41) is 5.35. The van der Waals surface area contributed by atoms with Gasteiger partial charge in [-0.25, -0.2) is 15.8 Å². The van der Waals surface area contributed by atoms with Gasteiger partial charge in [0.15, 0.2) is 17.3 Å². The van der Waals surface area contributed by atoms with Crippen LogP contribution in [0, 0.1) is 0 Å². The predicted octanol–water partition coefficient (Wildman–Crippen LogP) is 1.52. The summed E-state index contributed by atoms with van der Waals surface area (Å²) in [5.41, 5.74) is 6.84. The van der Waals surface area contributed by atoms with E-state index < -0.39 is 5.91 Å². The highest BCUT2D eigenvalue weighted by atomic mass is 16.1. The normalized spacial score (nSPS) is 11.8. The van der Waals surface area contributed by atoms with Crippen LogP contribution >= 0.6 is 0 Å². The summed E-state index contributed by atoms with van der Waals surface area (Å²) in [6, 6.07) is 9.07. The van der Waals surface area contributed by atoms with Gasteiger partial charge in [-0.2, -0.15) is 0 Å². The van der Waals surface area contributed by atoms with Crippen LogP contribution in [0.25, 0.3) is 10.9 Å². The first kappa shape index (κ1) is 18.2. The van der Waals surface area contributed by atoms with Crippen LogP contribution in [0.1, 0.15) is 23.8 Å². The van der Waals surface area contributed by atoms with E-state index in [4.69, 9.17) is 11.6 Å². The average Bonchev–Trinajstić information content (AvgIpc) is 2.67. The molecule has 9 heteroatoms. The molecular formula is C18H19N7O2. The van der Waals surface area contributed by atoms with Crippen LogP contribution in [0.3, 0.4) is 0 Å². The molecule has 9 nitrogen and oxygen atoms in total. The molecule has 0 aliphatic carbocycles. The topological polar surface area (TPSA) is 140 Å². The van der Waals surface area contributed by atoms with E-state index in [2.05, 4.69) is 20.3 Å². The number of rotatable bonds is 7. The summed E-state index contributed by atoms with van der Waals surface area (Å²) in [6.07, 6.45) is 4.04. The Kier molecular flexibility index (Phi) is 5.23. The second-order valence-electron chi connectivity index (χ2n) is 5.98. The number of carbonyl (C=O) groups is 2. The largest absolute Gasteiger partial charge is 0.364 e. The lowest BCUT2D eigenvalue weighted by atomic mass is 10.2. The maximum atomic E-state index is 11.7. The van der Waals surface area contributed by atoms with Crippen molar-refractivity contribution in [2.24, 2.45) is 11.6 Å². The van der Waals surface area contributed by atoms with Crippen LogP contribution in [0.15, 0.2) is 42.7 Å². The number of nitrogens with two attached hydrogens (primary N) is 2. The first-order chi connectivity index (χ1) is 13.0. The number of fused-ring (bicyclic) bond motifs is 1. The fourth-order valence-electron chi connectivity index (χ4n) is 2.53. The zero-order valence-corrected chi connectivity index (χ0v) is 14.7. The van der Waals surface area contributed by atoms with E-state index in [0.29, 0.717) is 11.5 Å². The summed E-state index contributed by atoms with van der Waals surface area (Å²) in [7, 11) is 0. The number of benzene rings is 1. The van der Waals surface area contributed by atoms with Gasteiger partial charge in [-0.1, -0.05) is 12.1 Å². The second-order valence-corrected chi connectivity index (χ2v) is 5.98. The van der Waals surface area contributed by atoms with Gasteiger partial charge in [0, 0.05) is 23.7 Å². The highest BCUT2D eigenvalue weighted by Crippen LogP contribution is 2.23. The zero-order chi connectivity index (χ0) is 19.4. The molecule has 0 aliphatic rings. The Bertz CT molecular complexity index is 992. The third kappa shape index (κ3) is 3.98. The van der Waals surface area contributed by atoms with E-state index in [1.165, 1.54) is 11.2 Å². The minimum atomic E-state index is -0.722. The molecule has 0 saturated carbocycles. The molecule has 2 aromatic heterocycles. The van der Waals surface area contributed by atoms with E-state index in [0.717, 1.165) is 17.2 Å². The molecular weight excluding hydrogens is 346 g/mol. The van der Waals surface area contributed by atoms with E-state index in [1.807, 2.05) is 30.3 Å². The maximum absolute atomic E-state index is 11.7. The summed E-state index contributed by atoms with van der Waals surface area (Å²) in [5.74, 6) is 5.76. The molecule has 1 amide bonds. The lowest BCUT2D eigenvalue weighted by molar-refractivity contribution is -0.108. The predicted molar refractivity (Wildman–Crippen MR) is 102 cm³/mol. The summed E-state index contributed by atoms with van der Waals surface area (Å²) >= 11 is 0. The number of hydrogen-bond donors (Lipinski definition) is 3. The number of aromatic nitrogens is 3. The Labute approximate surface area is 155 Å². The molecule has 0 fully saturated rings. The number of nitrogens with one attached hydrogen (secondary N) is 1. The van der Waals surface area contributed by atoms with Crippen molar-refractivity contribution in [1.29, 1.82) is 0 Å². The smallest absolute Gasteiger partial charge is 0.271 e. The number of primary amides is 1. The van der Waals surface area contributed by atoms with E-state index >= 15 is 0 Å². The van der Waals surface area contributed by atoms with Gasteiger partial charge in [-0.15, -0.1) is 0 Å². The number of amides is 1. The molecule has 0 saturated heterocycles. The summed E-state index contributed by atoms with van der Waals surface area (Å²) in [4.78, 5) is 35.2. The number of carbonyl (C=O) groups excluding carboxylic acids is 2. The van der Waals surface area contributed by atoms with Crippen molar-refractivity contribution in [3.8, 4) is 0 Å². The molecule has 138 valence electrons. The van der Waals surface area contributed by atoms with Gasteiger partial charge in [0.1, 0.15) is 6.29 Å². The highest BCUT2D eigenvalue weighted by Gasteiger charge is 2.18. The second kappa shape index (κ2) is 7.75. The molecule has 0 bridgehead atoms. The van der Waals surface area contributed by atoms with Gasteiger partial charge in [0.25, 0.3) is 5.91 Å². The molecule has 2 heterocycles. The Balaban J connectivity index is 1.96. The average molecular weight is 365 g/mol. The van der Waals surface area contributed by atoms with Crippen LogP contribution in [-0.4, -0.2) is 33.2 Å². The van der Waals surface area contributed by atoms with Crippen molar-refractivity contribution in [2.75, 3.05) is 10.3 Å². The standard InChI is InChI=1S/C18H19N7O2/c1-11(6-8-26)25(20)15-10-22-16(17(19)27)18(24-15)23-13-5-4-12-3-2-7-21-14(12)9-13/h2-5,7-11H,6,20H2,1H3,(H2,19,27)(H,23,24)/t11-/m1/s1. The molecule has 3 rings (SSSR count). The van der Waals surface area contributed by atoms with Crippen LogP contribution in [0.5, 0.6) is 0 Å². The Hall–Kier alpha value is -3.59. The first-order valence-electron chi connectivity index (χ1n) is 8.26. The van der Waals surface area contributed by atoms with Crippen molar-refractivity contribution >= 4 is 40.4 Å². The van der Waals surface area contributed by atoms with E-state index in [-0.39, 0.29) is 24.0 Å². The SMILES string of the molecule is C[C@H](CC=O)N(N)c1cnc(C(N)=O)c(Nc2ccc3cccnc3c2)n1. The lowest BCUT2D eigenvalue weighted by Gasteiger charge is -2.24. The third-order valence-electron chi connectivity index (χ3n) is 4.04. The van der Waals surface area contributed by atoms with Crippen molar-refractivity contribution in [1.82, 2.24) is 15.0 Å². The van der Waals surface area contributed by atoms with E-state index in [1.54, 1.807) is 13.1 Å². The van der Waals surface area contributed by atoms with Gasteiger partial charge in [-0.3, -0.25) is 14.8 Å². The number of pyridine rings is 1. The van der Waals surface area contributed by atoms with Gasteiger partial charge in [0.05, 0.1) is 17.8 Å². The zero-order valence-electron chi connectivity index (χ0n) is 14.7. The Morgan fingerprint density at radius 1 is 1.33 bits per heavy atom. The van der Waals surface area contributed by atoms with Crippen LogP contribution in [0.4, 0.5) is 17.3 Å². The molecule has 27 heavy (non-hydrogen) atoms. The summed E-state index contributed by atoms with van der Waals surface area (Å²) in [6.45, 7) is 1.78. The van der Waals surface area contributed by atoms with Gasteiger partial charge >= 0.3 is 0 Å². The molecule has 0 aliphatic heterocycles. The molecule has 0 unspecified atom stereocenters. The van der Waals surface area contributed by atoms with Crippen molar-refractivity contribution in [2.45, 2.75) is 19.4 Å². The summed E-state index contributed by atoms with van der Waals surface area (Å²) < 4.78 is 0. The quantitative estimate of drug-likeness (QED) is 0.325. The van der Waals surface area contributed by atoms with Crippen LogP contribution in [0.2, 0.25) is 0 Å². The molecule has 0 spiro atoms. The highest BCUT2D eigenvalue weighted by molar-refractivity contribution is 5.96. The minimum absolute atomic E-state index is 0.0173. The molecule has 5 N–H and O–H groups in total. The molecule has 0 radical (unpaired) electrons. The van der Waals surface area contributed by atoms with Gasteiger partial charge < -0.3 is 15.8 Å². The molecule has 1 aromatic carbocycles. The fourth-order valence-corrected chi connectivity index (χ4v) is 2.53. The molecule has 1 atom stereocenters. The minimum Gasteiger partial charge on any atom is -0.364 e. The monoisotopic (exact) mass is 365 g/mol. The number of hydrogen-bond acceptors (Lipinski definition) is 8. The van der Waals surface area contributed by atoms with Crippen molar-refractivity contribution < 1.29 is 9.59 Å². The number of nitrogens with zero attached hydrogens (tertiary/aromatic N) is 4. The van der Waals surface area contributed by atoms with Crippen molar-refractivity contribution in [3.63, 3.8) is 0 Å². The fraction of sp³-hybridized carbons (Fsp3) is 0.167. The third-order valence-corrected chi connectivity index (χ3v) is 4.04. The lowest BCUT2D eigenvalue weighted by Crippen LogP contribution is -2.40. The van der Waals surface area contributed by atoms with Crippen LogP contribution in [-0.2, 0) is 4.79 Å². The van der Waals surface area contributed by atoms with Crippen LogP contribution < -0.4 is 21.9 Å². The molecule has 3 aromatic rings. The van der Waals surface area contributed by atoms with E-state index in [9.17, 15) is 9.59 Å². The maximum Gasteiger partial charge on any atom is 0.271 e. The number of hydrazine groups is 1. The van der Waals surface area contributed by atoms with Gasteiger partial charge in [0.2, 0.25) is 0 Å². The Morgan fingerprint density at radius 2 is 2.15 bits per heavy atom. The van der Waals surface area contributed by atoms with Crippen molar-refractivity contribution in [3.05, 3.63) is 48.4 Å². The number of aldehydes is 1.